The Morgan fingerprint density at radius 1 is 1.08 bits per heavy atom. The molecule has 0 bridgehead atoms. The van der Waals surface area contributed by atoms with Gasteiger partial charge < -0.3 is 19.5 Å². The molecule has 2 aromatic heterocycles. The highest BCUT2D eigenvalue weighted by molar-refractivity contribution is 5.99. The van der Waals surface area contributed by atoms with Crippen molar-refractivity contribution in [1.29, 1.82) is 0 Å². The first-order valence-electron chi connectivity index (χ1n) is 11.1. The zero-order chi connectivity index (χ0) is 27.8. The zero-order valence-corrected chi connectivity index (χ0v) is 19.9. The summed E-state index contributed by atoms with van der Waals surface area (Å²) in [6.45, 7) is 0.854. The Bertz CT molecular complexity index is 1310. The third-order valence-corrected chi connectivity index (χ3v) is 5.51. The number of aliphatic hydroxyl groups is 1. The van der Waals surface area contributed by atoms with Crippen LogP contribution in [0, 0.1) is 6.92 Å². The van der Waals surface area contributed by atoms with E-state index in [4.69, 9.17) is 4.74 Å². The molecular formula is C23H21F6N5O4. The standard InChI is InChI=1S/C23H21F6N5O4/c1-13-6-7-14(30-11-13)12-34-17-18(32(2)21(36)33(19(17)35)9-8-22(24,25)26)31-20(34)37-15-4-3-5-16(10-15)38-23(27,28)29/h3-7,10-11,21,36H,8-9,12H2,1-2H3. The molecule has 0 fully saturated rings. The Hall–Kier alpha value is -4.01. The number of carbonyl (C=O) groups is 1. The highest BCUT2D eigenvalue weighted by Crippen LogP contribution is 2.36. The fraction of sp³-hybridized carbons (Fsp3) is 0.348. The van der Waals surface area contributed by atoms with E-state index in [-0.39, 0.29) is 29.8 Å². The van der Waals surface area contributed by atoms with Gasteiger partial charge in [0.1, 0.15) is 11.5 Å². The normalized spacial score (nSPS) is 16.0. The molecule has 9 nitrogen and oxygen atoms in total. The van der Waals surface area contributed by atoms with Crippen LogP contribution in [0.5, 0.6) is 17.5 Å². The molecule has 1 aliphatic heterocycles. The maximum Gasteiger partial charge on any atom is 0.573 e. The van der Waals surface area contributed by atoms with Crippen LogP contribution in [0.3, 0.4) is 0 Å². The lowest BCUT2D eigenvalue weighted by Gasteiger charge is -2.38. The highest BCUT2D eigenvalue weighted by Gasteiger charge is 2.42. The molecule has 0 saturated heterocycles. The fourth-order valence-corrected chi connectivity index (χ4v) is 3.72. The van der Waals surface area contributed by atoms with E-state index in [9.17, 15) is 36.2 Å². The first-order valence-corrected chi connectivity index (χ1v) is 11.1. The number of hydrogen-bond donors (Lipinski definition) is 1. The van der Waals surface area contributed by atoms with Crippen molar-refractivity contribution < 1.29 is 45.7 Å². The summed E-state index contributed by atoms with van der Waals surface area (Å²) in [5.74, 6) is -1.74. The van der Waals surface area contributed by atoms with Crippen molar-refractivity contribution in [3.63, 3.8) is 0 Å². The fourth-order valence-electron chi connectivity index (χ4n) is 3.72. The second kappa shape index (κ2) is 10.0. The summed E-state index contributed by atoms with van der Waals surface area (Å²) in [5.41, 5.74) is 1.08. The van der Waals surface area contributed by atoms with Crippen LogP contribution in [0.4, 0.5) is 32.2 Å². The number of fused-ring (bicyclic) bond motifs is 1. The van der Waals surface area contributed by atoms with E-state index in [1.807, 2.05) is 0 Å². The molecule has 3 aromatic rings. The average Bonchev–Trinajstić information content (AvgIpc) is 3.15. The lowest BCUT2D eigenvalue weighted by atomic mass is 10.2. The molecule has 4 rings (SSSR count). The van der Waals surface area contributed by atoms with Gasteiger partial charge in [-0.15, -0.1) is 13.2 Å². The molecule has 15 heteroatoms. The number of ether oxygens (including phenoxy) is 2. The molecule has 3 heterocycles. The Balaban J connectivity index is 1.75. The molecule has 0 aliphatic carbocycles. The molecule has 0 spiro atoms. The van der Waals surface area contributed by atoms with Crippen molar-refractivity contribution >= 4 is 11.7 Å². The van der Waals surface area contributed by atoms with Crippen LogP contribution in [0.2, 0.25) is 0 Å². The van der Waals surface area contributed by atoms with Crippen LogP contribution in [-0.4, -0.2) is 62.9 Å². The Labute approximate surface area is 211 Å². The van der Waals surface area contributed by atoms with E-state index in [1.165, 1.54) is 23.7 Å². The summed E-state index contributed by atoms with van der Waals surface area (Å²) >= 11 is 0. The minimum atomic E-state index is -4.95. The molecule has 1 atom stereocenters. The first kappa shape index (κ1) is 27.0. The van der Waals surface area contributed by atoms with E-state index in [2.05, 4.69) is 14.7 Å². The van der Waals surface area contributed by atoms with Gasteiger partial charge in [0.2, 0.25) is 6.35 Å². The number of aliphatic hydroxyl groups excluding tert-OH is 1. The summed E-state index contributed by atoms with van der Waals surface area (Å²) in [4.78, 5) is 23.5. The van der Waals surface area contributed by atoms with E-state index >= 15 is 0 Å². The predicted molar refractivity (Wildman–Crippen MR) is 120 cm³/mol. The average molecular weight is 545 g/mol. The van der Waals surface area contributed by atoms with E-state index in [1.54, 1.807) is 25.3 Å². The topological polar surface area (TPSA) is 93.0 Å². The van der Waals surface area contributed by atoms with Crippen molar-refractivity contribution in [2.75, 3.05) is 18.5 Å². The van der Waals surface area contributed by atoms with Gasteiger partial charge in [-0.1, -0.05) is 12.1 Å². The minimum absolute atomic E-state index is 0.101. The van der Waals surface area contributed by atoms with Gasteiger partial charge in [0, 0.05) is 25.9 Å². The van der Waals surface area contributed by atoms with Crippen LogP contribution in [-0.2, 0) is 6.54 Å². The second-order valence-corrected chi connectivity index (χ2v) is 8.43. The highest BCUT2D eigenvalue weighted by atomic mass is 19.4. The third-order valence-electron chi connectivity index (χ3n) is 5.51. The first-order chi connectivity index (χ1) is 17.7. The van der Waals surface area contributed by atoms with Gasteiger partial charge in [0.15, 0.2) is 11.5 Å². The molecule has 0 radical (unpaired) electrons. The summed E-state index contributed by atoms with van der Waals surface area (Å²) < 4.78 is 87.5. The van der Waals surface area contributed by atoms with Gasteiger partial charge in [0.05, 0.1) is 18.7 Å². The van der Waals surface area contributed by atoms with Crippen molar-refractivity contribution in [1.82, 2.24) is 19.4 Å². The Morgan fingerprint density at radius 3 is 2.42 bits per heavy atom. The number of aromatic nitrogens is 3. The zero-order valence-electron chi connectivity index (χ0n) is 19.9. The number of aryl methyl sites for hydroxylation is 1. The quantitative estimate of drug-likeness (QED) is 0.439. The smallest absolute Gasteiger partial charge is 0.425 e. The number of nitrogens with zero attached hydrogens (tertiary/aromatic N) is 5. The predicted octanol–water partition coefficient (Wildman–Crippen LogP) is 4.45. The lowest BCUT2D eigenvalue weighted by molar-refractivity contribution is -0.274. The Kier molecular flexibility index (Phi) is 7.14. The van der Waals surface area contributed by atoms with Crippen LogP contribution in [0.15, 0.2) is 42.6 Å². The van der Waals surface area contributed by atoms with Crippen molar-refractivity contribution in [2.45, 2.75) is 38.8 Å². The molecule has 204 valence electrons. The number of imidazole rings is 1. The molecule has 1 aromatic carbocycles. The molecule has 38 heavy (non-hydrogen) atoms. The lowest BCUT2D eigenvalue weighted by Crippen LogP contribution is -2.55. The number of halogens is 6. The monoisotopic (exact) mass is 545 g/mol. The number of pyridine rings is 1. The molecule has 1 amide bonds. The summed E-state index contributed by atoms with van der Waals surface area (Å²) in [6, 6.07) is 7.69. The number of carbonyl (C=O) groups excluding carboxylic acids is 1. The molecule has 0 saturated carbocycles. The van der Waals surface area contributed by atoms with E-state index in [0.29, 0.717) is 10.6 Å². The summed E-state index contributed by atoms with van der Waals surface area (Å²) in [7, 11) is 1.32. The number of rotatable bonds is 7. The maximum atomic E-state index is 13.3. The van der Waals surface area contributed by atoms with E-state index in [0.717, 1.165) is 22.6 Å². The number of alkyl halides is 6. The van der Waals surface area contributed by atoms with Crippen molar-refractivity contribution in [3.05, 3.63) is 59.5 Å². The number of amides is 1. The third kappa shape index (κ3) is 6.10. The SMILES string of the molecule is Cc1ccc(Cn2c(Oc3cccc(OC(F)(F)F)c3)nc3c2C(=O)N(CCC(F)(F)F)C(O)N3C)nc1. The van der Waals surface area contributed by atoms with Gasteiger partial charge in [0.25, 0.3) is 5.91 Å². The van der Waals surface area contributed by atoms with Crippen LogP contribution in [0.1, 0.15) is 28.2 Å². The molecular weight excluding hydrogens is 524 g/mol. The van der Waals surface area contributed by atoms with Gasteiger partial charge in [-0.05, 0) is 30.7 Å². The van der Waals surface area contributed by atoms with Crippen LogP contribution in [0.25, 0.3) is 0 Å². The molecule has 1 aliphatic rings. The largest absolute Gasteiger partial charge is 0.573 e. The Morgan fingerprint density at radius 2 is 1.79 bits per heavy atom. The van der Waals surface area contributed by atoms with Gasteiger partial charge in [-0.25, -0.2) is 0 Å². The van der Waals surface area contributed by atoms with Gasteiger partial charge in [-0.2, -0.15) is 18.2 Å². The van der Waals surface area contributed by atoms with Crippen molar-refractivity contribution in [3.8, 4) is 17.5 Å². The second-order valence-electron chi connectivity index (χ2n) is 8.43. The minimum Gasteiger partial charge on any atom is -0.425 e. The molecule has 1 N–H and O–H groups in total. The van der Waals surface area contributed by atoms with Crippen LogP contribution >= 0.6 is 0 Å². The number of anilines is 1. The van der Waals surface area contributed by atoms with Crippen LogP contribution < -0.4 is 14.4 Å². The maximum absolute atomic E-state index is 13.3. The summed E-state index contributed by atoms with van der Waals surface area (Å²) in [5, 5.41) is 10.5. The van der Waals surface area contributed by atoms with Gasteiger partial charge >= 0.3 is 18.5 Å². The van der Waals surface area contributed by atoms with E-state index < -0.39 is 43.5 Å². The number of benzene rings is 1. The van der Waals surface area contributed by atoms with Crippen molar-refractivity contribution in [2.24, 2.45) is 0 Å². The summed E-state index contributed by atoms with van der Waals surface area (Å²) in [6.07, 6.45) is -11.1. The number of hydrogen-bond acceptors (Lipinski definition) is 7. The van der Waals surface area contributed by atoms with Gasteiger partial charge in [-0.3, -0.25) is 19.2 Å². The molecule has 1 unspecified atom stereocenters.